The Labute approximate surface area is 93.0 Å². The van der Waals surface area contributed by atoms with Crippen LogP contribution in [0.25, 0.3) is 0 Å². The van der Waals surface area contributed by atoms with Gasteiger partial charge in [0.25, 0.3) is 0 Å². The first-order valence-electron chi connectivity index (χ1n) is 4.94. The molecule has 0 aromatic heterocycles. The summed E-state index contributed by atoms with van der Waals surface area (Å²) >= 11 is -0.126. The Balaban J connectivity index is 2.40. The smallest absolute Gasteiger partial charge is 0.123 e. The second-order valence-electron chi connectivity index (χ2n) is 3.66. The fourth-order valence-electron chi connectivity index (χ4n) is 1.28. The highest BCUT2D eigenvalue weighted by Gasteiger charge is 2.06. The van der Waals surface area contributed by atoms with E-state index in [1.54, 1.807) is 12.1 Å². The third-order valence-electron chi connectivity index (χ3n) is 2.10. The third-order valence-corrected chi connectivity index (χ3v) is 2.96. The van der Waals surface area contributed by atoms with E-state index in [1.165, 1.54) is 12.1 Å². The average molecular weight is 231 g/mol. The molecule has 0 fully saturated rings. The van der Waals surface area contributed by atoms with Crippen LogP contribution in [0.2, 0.25) is 0 Å². The van der Waals surface area contributed by atoms with E-state index in [-0.39, 0.29) is 16.9 Å². The number of rotatable bonds is 5. The van der Waals surface area contributed by atoms with Crippen molar-refractivity contribution < 1.29 is 9.50 Å². The molecule has 1 atom stereocenters. The number of halogens is 1. The molecule has 0 saturated carbocycles. The second kappa shape index (κ2) is 6.10. The maximum atomic E-state index is 12.6. The lowest BCUT2D eigenvalue weighted by molar-refractivity contribution is 0.169. The summed E-state index contributed by atoms with van der Waals surface area (Å²) in [6.07, 6.45) is 4.40. The molecular formula is C11H18FNOS. The zero-order valence-electron chi connectivity index (χ0n) is 9.07. The minimum atomic E-state index is -0.506. The first kappa shape index (κ1) is 12.5. The Morgan fingerprint density at radius 3 is 2.47 bits per heavy atom. The van der Waals surface area contributed by atoms with Gasteiger partial charge in [0.05, 0.1) is 6.10 Å². The van der Waals surface area contributed by atoms with Gasteiger partial charge in [-0.3, -0.25) is 4.72 Å². The number of aliphatic hydroxyl groups is 1. The van der Waals surface area contributed by atoms with Crippen LogP contribution in [0.15, 0.2) is 24.3 Å². The van der Waals surface area contributed by atoms with E-state index in [0.717, 1.165) is 12.1 Å². The molecule has 0 aliphatic heterocycles. The maximum absolute atomic E-state index is 12.6. The summed E-state index contributed by atoms with van der Waals surface area (Å²) in [4.78, 5) is 0. The summed E-state index contributed by atoms with van der Waals surface area (Å²) in [5.41, 5.74) is 0.773. The highest BCUT2D eigenvalue weighted by molar-refractivity contribution is 8.14. The number of aliphatic hydroxyl groups excluding tert-OH is 1. The summed E-state index contributed by atoms with van der Waals surface area (Å²) in [6.45, 7) is 0.789. The van der Waals surface area contributed by atoms with Crippen LogP contribution in [0.3, 0.4) is 0 Å². The molecule has 1 aromatic rings. The molecule has 4 heteroatoms. The van der Waals surface area contributed by atoms with Crippen molar-refractivity contribution >= 4 is 11.1 Å². The van der Waals surface area contributed by atoms with Crippen LogP contribution in [0.1, 0.15) is 18.1 Å². The lowest BCUT2D eigenvalue weighted by Crippen LogP contribution is -2.13. The van der Waals surface area contributed by atoms with Crippen molar-refractivity contribution in [3.05, 3.63) is 35.6 Å². The standard InChI is InChI=1S/C11H18FNOS/c1-15(2)13-8-7-11(14)9-3-5-10(12)6-4-9/h3-6,11,13-15H,7-8H2,1-2H3. The van der Waals surface area contributed by atoms with Crippen molar-refractivity contribution in [3.8, 4) is 0 Å². The number of hydrogen-bond acceptors (Lipinski definition) is 2. The minimum absolute atomic E-state index is 0.126. The van der Waals surface area contributed by atoms with Crippen LogP contribution < -0.4 is 4.72 Å². The second-order valence-corrected chi connectivity index (χ2v) is 5.76. The Kier molecular flexibility index (Phi) is 5.08. The van der Waals surface area contributed by atoms with Gasteiger partial charge in [-0.15, -0.1) is 0 Å². The summed E-state index contributed by atoms with van der Waals surface area (Å²) < 4.78 is 15.9. The maximum Gasteiger partial charge on any atom is 0.123 e. The van der Waals surface area contributed by atoms with Crippen LogP contribution in [-0.2, 0) is 0 Å². The Morgan fingerprint density at radius 2 is 1.93 bits per heavy atom. The van der Waals surface area contributed by atoms with E-state index in [9.17, 15) is 9.50 Å². The van der Waals surface area contributed by atoms with Gasteiger partial charge in [-0.25, -0.2) is 15.5 Å². The minimum Gasteiger partial charge on any atom is -0.388 e. The van der Waals surface area contributed by atoms with Crippen molar-refractivity contribution in [1.82, 2.24) is 4.72 Å². The molecule has 2 nitrogen and oxygen atoms in total. The normalized spacial score (nSPS) is 13.7. The lowest BCUT2D eigenvalue weighted by Gasteiger charge is -2.15. The van der Waals surface area contributed by atoms with Gasteiger partial charge in [-0.1, -0.05) is 12.1 Å². The first-order chi connectivity index (χ1) is 7.09. The fraction of sp³-hybridized carbons (Fsp3) is 0.455. The SMILES string of the molecule is C[SH](C)NCCC(O)c1ccc(F)cc1. The molecule has 1 unspecified atom stereocenters. The largest absolute Gasteiger partial charge is 0.388 e. The van der Waals surface area contributed by atoms with Crippen molar-refractivity contribution in [1.29, 1.82) is 0 Å². The van der Waals surface area contributed by atoms with Crippen molar-refractivity contribution in [2.45, 2.75) is 12.5 Å². The molecule has 0 aliphatic carbocycles. The van der Waals surface area contributed by atoms with Crippen LogP contribution in [0.4, 0.5) is 4.39 Å². The van der Waals surface area contributed by atoms with Gasteiger partial charge in [0, 0.05) is 6.54 Å². The molecule has 0 amide bonds. The summed E-state index contributed by atoms with van der Waals surface area (Å²) in [5.74, 6) is -0.269. The Hall–Kier alpha value is -0.580. The highest BCUT2D eigenvalue weighted by Crippen LogP contribution is 2.17. The number of nitrogens with one attached hydrogen (secondary N) is 1. The van der Waals surface area contributed by atoms with Gasteiger partial charge in [0.1, 0.15) is 5.82 Å². The molecule has 15 heavy (non-hydrogen) atoms. The van der Waals surface area contributed by atoms with E-state index in [0.29, 0.717) is 6.42 Å². The van der Waals surface area contributed by atoms with Crippen molar-refractivity contribution in [3.63, 3.8) is 0 Å². The number of thiol groups is 1. The van der Waals surface area contributed by atoms with Crippen LogP contribution >= 0.6 is 11.1 Å². The molecule has 0 saturated heterocycles. The van der Waals surface area contributed by atoms with Gasteiger partial charge in [0.15, 0.2) is 0 Å². The van der Waals surface area contributed by atoms with Crippen LogP contribution in [-0.4, -0.2) is 24.2 Å². The zero-order valence-corrected chi connectivity index (χ0v) is 9.97. The predicted molar refractivity (Wildman–Crippen MR) is 64.8 cm³/mol. The summed E-state index contributed by atoms with van der Waals surface area (Å²) in [7, 11) is 0. The fourth-order valence-corrected chi connectivity index (χ4v) is 1.85. The van der Waals surface area contributed by atoms with E-state index in [2.05, 4.69) is 17.2 Å². The van der Waals surface area contributed by atoms with Gasteiger partial charge < -0.3 is 5.11 Å². The topological polar surface area (TPSA) is 32.3 Å². The molecule has 1 rings (SSSR count). The van der Waals surface area contributed by atoms with Gasteiger partial charge in [0.2, 0.25) is 0 Å². The summed E-state index contributed by atoms with van der Waals surface area (Å²) in [5, 5.41) is 9.77. The molecule has 86 valence electrons. The zero-order chi connectivity index (χ0) is 11.3. The van der Waals surface area contributed by atoms with Crippen molar-refractivity contribution in [2.24, 2.45) is 0 Å². The lowest BCUT2D eigenvalue weighted by atomic mass is 10.1. The Bertz CT molecular complexity index is 289. The molecular weight excluding hydrogens is 213 g/mol. The average Bonchev–Trinajstić information content (AvgIpc) is 2.18. The monoisotopic (exact) mass is 231 g/mol. The molecule has 0 aliphatic rings. The third kappa shape index (κ3) is 4.64. The molecule has 2 N–H and O–H groups in total. The highest BCUT2D eigenvalue weighted by atomic mass is 32.2. The summed E-state index contributed by atoms with van der Waals surface area (Å²) in [6, 6.07) is 6.00. The molecule has 0 bridgehead atoms. The van der Waals surface area contributed by atoms with E-state index in [1.807, 2.05) is 0 Å². The van der Waals surface area contributed by atoms with Gasteiger partial charge in [-0.05, 0) is 36.6 Å². The first-order valence-corrected chi connectivity index (χ1v) is 7.17. The molecule has 0 radical (unpaired) electrons. The quantitative estimate of drug-likeness (QED) is 0.677. The Morgan fingerprint density at radius 1 is 1.33 bits per heavy atom. The van der Waals surface area contributed by atoms with E-state index in [4.69, 9.17) is 0 Å². The number of hydrogen-bond donors (Lipinski definition) is 3. The van der Waals surface area contributed by atoms with Crippen LogP contribution in [0.5, 0.6) is 0 Å². The van der Waals surface area contributed by atoms with Crippen LogP contribution in [0, 0.1) is 5.82 Å². The molecule has 0 spiro atoms. The van der Waals surface area contributed by atoms with Crippen molar-refractivity contribution in [2.75, 3.05) is 19.1 Å². The van der Waals surface area contributed by atoms with E-state index < -0.39 is 6.10 Å². The van der Waals surface area contributed by atoms with Gasteiger partial charge in [-0.2, -0.15) is 0 Å². The molecule has 1 aromatic carbocycles. The molecule has 0 heterocycles. The predicted octanol–water partition coefficient (Wildman–Crippen LogP) is 2.01. The van der Waals surface area contributed by atoms with Gasteiger partial charge >= 0.3 is 0 Å². The van der Waals surface area contributed by atoms with E-state index >= 15 is 0 Å². The number of benzene rings is 1.